The molecule has 1 fully saturated rings. The topological polar surface area (TPSA) is 12.0 Å². The van der Waals surface area contributed by atoms with Gasteiger partial charge in [0.15, 0.2) is 0 Å². The number of benzene rings is 1. The van der Waals surface area contributed by atoms with E-state index in [4.69, 9.17) is 0 Å². The summed E-state index contributed by atoms with van der Waals surface area (Å²) in [4.78, 5) is 0. The molecular weight excluding hydrogens is 250 g/mol. The molecule has 3 rings (SSSR count). The molecule has 0 spiro atoms. The van der Waals surface area contributed by atoms with E-state index in [0.717, 1.165) is 6.04 Å². The molecule has 0 aliphatic heterocycles. The largest absolute Gasteiger partial charge is 0.307 e. The number of aryl methyl sites for hydroxylation is 1. The van der Waals surface area contributed by atoms with Crippen LogP contribution in [0.5, 0.6) is 0 Å². The molecule has 0 amide bonds. The van der Waals surface area contributed by atoms with E-state index in [-0.39, 0.29) is 0 Å². The van der Waals surface area contributed by atoms with Crippen molar-refractivity contribution in [2.24, 2.45) is 0 Å². The van der Waals surface area contributed by atoms with Crippen LogP contribution >= 0.6 is 15.9 Å². The van der Waals surface area contributed by atoms with E-state index in [9.17, 15) is 0 Å². The molecule has 1 aromatic carbocycles. The third-order valence-corrected chi connectivity index (χ3v) is 4.22. The molecule has 0 radical (unpaired) electrons. The summed E-state index contributed by atoms with van der Waals surface area (Å²) in [7, 11) is 0. The van der Waals surface area contributed by atoms with Gasteiger partial charge < -0.3 is 5.32 Å². The molecule has 1 saturated carbocycles. The average Bonchev–Trinajstić information content (AvgIpc) is 2.54. The highest BCUT2D eigenvalue weighted by atomic mass is 79.9. The maximum atomic E-state index is 3.78. The molecule has 1 unspecified atom stereocenters. The van der Waals surface area contributed by atoms with Crippen LogP contribution in [0.15, 0.2) is 22.7 Å². The Balaban J connectivity index is 1.80. The van der Waals surface area contributed by atoms with Crippen LogP contribution in [0.1, 0.15) is 42.9 Å². The highest BCUT2D eigenvalue weighted by Gasteiger charge is 2.27. The summed E-state index contributed by atoms with van der Waals surface area (Å²) in [6, 6.07) is 8.12. The standard InChI is InChI=1S/C13H16BrN/c14-10-6-4-9-5-7-13(12(9)8-10)15-11-2-1-3-11/h4,6,8,11,13,15H,1-3,5,7H2. The van der Waals surface area contributed by atoms with E-state index < -0.39 is 0 Å². The Morgan fingerprint density at radius 3 is 2.80 bits per heavy atom. The van der Waals surface area contributed by atoms with Gasteiger partial charge in [-0.2, -0.15) is 0 Å². The predicted octanol–water partition coefficient (Wildman–Crippen LogP) is 3.58. The van der Waals surface area contributed by atoms with Crippen molar-refractivity contribution in [2.75, 3.05) is 0 Å². The predicted molar refractivity (Wildman–Crippen MR) is 66.0 cm³/mol. The van der Waals surface area contributed by atoms with Crippen LogP contribution in [0.3, 0.4) is 0 Å². The second-order valence-electron chi connectivity index (χ2n) is 4.73. The zero-order chi connectivity index (χ0) is 10.3. The molecule has 15 heavy (non-hydrogen) atoms. The van der Waals surface area contributed by atoms with Crippen LogP contribution in [-0.2, 0) is 6.42 Å². The maximum absolute atomic E-state index is 3.78. The first-order chi connectivity index (χ1) is 7.33. The Hall–Kier alpha value is -0.340. The summed E-state index contributed by atoms with van der Waals surface area (Å²) < 4.78 is 1.21. The van der Waals surface area contributed by atoms with Crippen molar-refractivity contribution in [1.29, 1.82) is 0 Å². The zero-order valence-corrected chi connectivity index (χ0v) is 10.4. The van der Waals surface area contributed by atoms with Crippen LogP contribution in [-0.4, -0.2) is 6.04 Å². The first kappa shape index (κ1) is 9.86. The fourth-order valence-electron chi connectivity index (χ4n) is 2.61. The van der Waals surface area contributed by atoms with Crippen molar-refractivity contribution in [2.45, 2.75) is 44.2 Å². The van der Waals surface area contributed by atoms with E-state index in [0.29, 0.717) is 6.04 Å². The smallest absolute Gasteiger partial charge is 0.0328 e. The highest BCUT2D eigenvalue weighted by molar-refractivity contribution is 9.10. The minimum atomic E-state index is 0.614. The minimum absolute atomic E-state index is 0.614. The number of nitrogens with one attached hydrogen (secondary N) is 1. The molecule has 1 nitrogen and oxygen atoms in total. The Morgan fingerprint density at radius 2 is 2.07 bits per heavy atom. The number of hydrogen-bond donors (Lipinski definition) is 1. The third kappa shape index (κ3) is 1.85. The molecule has 0 aromatic heterocycles. The van der Waals surface area contributed by atoms with Gasteiger partial charge in [0, 0.05) is 16.6 Å². The van der Waals surface area contributed by atoms with E-state index in [1.54, 1.807) is 0 Å². The third-order valence-electron chi connectivity index (χ3n) is 3.73. The van der Waals surface area contributed by atoms with Crippen molar-refractivity contribution in [3.8, 4) is 0 Å². The number of fused-ring (bicyclic) bond motifs is 1. The van der Waals surface area contributed by atoms with Gasteiger partial charge in [0.25, 0.3) is 0 Å². The molecule has 1 aromatic rings. The van der Waals surface area contributed by atoms with Gasteiger partial charge in [-0.1, -0.05) is 28.4 Å². The van der Waals surface area contributed by atoms with Crippen LogP contribution < -0.4 is 5.32 Å². The monoisotopic (exact) mass is 265 g/mol. The van der Waals surface area contributed by atoms with E-state index in [1.165, 1.54) is 47.7 Å². The molecule has 0 saturated heterocycles. The quantitative estimate of drug-likeness (QED) is 0.862. The summed E-state index contributed by atoms with van der Waals surface area (Å²) in [6.45, 7) is 0. The Kier molecular flexibility index (Phi) is 2.57. The lowest BCUT2D eigenvalue weighted by atomic mass is 9.92. The van der Waals surface area contributed by atoms with E-state index >= 15 is 0 Å². The second kappa shape index (κ2) is 3.91. The normalized spacial score (nSPS) is 25.0. The second-order valence-corrected chi connectivity index (χ2v) is 5.64. The molecular formula is C13H16BrN. The average molecular weight is 266 g/mol. The molecule has 2 aliphatic carbocycles. The lowest BCUT2D eigenvalue weighted by molar-refractivity contribution is 0.304. The van der Waals surface area contributed by atoms with E-state index in [1.807, 2.05) is 0 Å². The zero-order valence-electron chi connectivity index (χ0n) is 8.80. The van der Waals surface area contributed by atoms with E-state index in [2.05, 4.69) is 39.4 Å². The fourth-order valence-corrected chi connectivity index (χ4v) is 2.98. The number of hydrogen-bond acceptors (Lipinski definition) is 1. The molecule has 1 N–H and O–H groups in total. The number of halogens is 1. The lowest BCUT2D eigenvalue weighted by Crippen LogP contribution is -2.37. The van der Waals surface area contributed by atoms with Gasteiger partial charge in [0.05, 0.1) is 0 Å². The molecule has 0 bridgehead atoms. The molecule has 0 heterocycles. The van der Waals surface area contributed by atoms with Gasteiger partial charge in [-0.05, 0) is 48.9 Å². The highest BCUT2D eigenvalue weighted by Crippen LogP contribution is 2.35. The summed E-state index contributed by atoms with van der Waals surface area (Å²) >= 11 is 3.56. The van der Waals surface area contributed by atoms with Gasteiger partial charge in [0.2, 0.25) is 0 Å². The SMILES string of the molecule is Brc1ccc2c(c1)C(NC1CCC1)CC2. The minimum Gasteiger partial charge on any atom is -0.307 e. The van der Waals surface area contributed by atoms with Crippen LogP contribution in [0.4, 0.5) is 0 Å². The number of rotatable bonds is 2. The van der Waals surface area contributed by atoms with Crippen LogP contribution in [0.2, 0.25) is 0 Å². The Bertz CT molecular complexity index is 371. The van der Waals surface area contributed by atoms with Crippen molar-refractivity contribution < 1.29 is 0 Å². The van der Waals surface area contributed by atoms with Crippen molar-refractivity contribution in [3.05, 3.63) is 33.8 Å². The van der Waals surface area contributed by atoms with Gasteiger partial charge >= 0.3 is 0 Å². The summed E-state index contributed by atoms with van der Waals surface area (Å²) in [5.41, 5.74) is 3.06. The fraction of sp³-hybridized carbons (Fsp3) is 0.538. The van der Waals surface area contributed by atoms with Gasteiger partial charge in [-0.25, -0.2) is 0 Å². The molecule has 2 aliphatic rings. The van der Waals surface area contributed by atoms with Crippen LogP contribution in [0.25, 0.3) is 0 Å². The Morgan fingerprint density at radius 1 is 1.20 bits per heavy atom. The molecule has 2 heteroatoms. The van der Waals surface area contributed by atoms with Gasteiger partial charge in [0.1, 0.15) is 0 Å². The van der Waals surface area contributed by atoms with Crippen molar-refractivity contribution in [3.63, 3.8) is 0 Å². The molecule has 1 atom stereocenters. The first-order valence-corrected chi connectivity index (χ1v) is 6.66. The first-order valence-electron chi connectivity index (χ1n) is 5.87. The van der Waals surface area contributed by atoms with Crippen molar-refractivity contribution in [1.82, 2.24) is 5.32 Å². The summed E-state index contributed by atoms with van der Waals surface area (Å²) in [5, 5.41) is 3.78. The maximum Gasteiger partial charge on any atom is 0.0328 e. The van der Waals surface area contributed by atoms with Gasteiger partial charge in [-0.3, -0.25) is 0 Å². The summed E-state index contributed by atoms with van der Waals surface area (Å²) in [6.07, 6.45) is 6.69. The van der Waals surface area contributed by atoms with Crippen LogP contribution in [0, 0.1) is 0 Å². The molecule has 80 valence electrons. The van der Waals surface area contributed by atoms with Crippen molar-refractivity contribution >= 4 is 15.9 Å². The van der Waals surface area contributed by atoms with Gasteiger partial charge in [-0.15, -0.1) is 0 Å². The Labute approximate surface area is 99.4 Å². The summed E-state index contributed by atoms with van der Waals surface area (Å²) in [5.74, 6) is 0. The lowest BCUT2D eigenvalue weighted by Gasteiger charge is -2.30.